The fourth-order valence-electron chi connectivity index (χ4n) is 2.95. The first-order chi connectivity index (χ1) is 15.0. The van der Waals surface area contributed by atoms with E-state index in [1.54, 1.807) is 19.4 Å². The lowest BCUT2D eigenvalue weighted by Gasteiger charge is -2.11. The topological polar surface area (TPSA) is 65.4 Å². The largest absolute Gasteiger partial charge is 0.496 e. The molecule has 31 heavy (non-hydrogen) atoms. The average molecular weight is 484 g/mol. The van der Waals surface area contributed by atoms with Gasteiger partial charge in [0.05, 0.1) is 17.8 Å². The Morgan fingerprint density at radius 2 is 2.03 bits per heavy atom. The molecule has 0 aliphatic carbocycles. The van der Waals surface area contributed by atoms with Gasteiger partial charge in [0.1, 0.15) is 18.1 Å². The van der Waals surface area contributed by atoms with E-state index in [0.29, 0.717) is 13.2 Å². The van der Waals surface area contributed by atoms with Crippen LogP contribution in [0.3, 0.4) is 0 Å². The van der Waals surface area contributed by atoms with Gasteiger partial charge in [-0.3, -0.25) is 9.48 Å². The van der Waals surface area contributed by atoms with Crippen molar-refractivity contribution < 1.29 is 14.3 Å². The van der Waals surface area contributed by atoms with E-state index in [9.17, 15) is 4.79 Å². The predicted octanol–water partition coefficient (Wildman–Crippen LogP) is 4.76. The van der Waals surface area contributed by atoms with Crippen LogP contribution in [0.1, 0.15) is 23.1 Å². The Morgan fingerprint density at radius 1 is 1.23 bits per heavy atom. The molecule has 0 spiro atoms. The van der Waals surface area contributed by atoms with E-state index in [0.717, 1.165) is 40.1 Å². The highest BCUT2D eigenvalue weighted by atomic mass is 79.9. The first kappa shape index (κ1) is 22.6. The standard InChI is InChI=1S/C24H26BrN3O3/c1-18-4-8-22(9-5-18)31-17-20-14-19(6-10-23(20)30-2)7-11-24(29)26-12-3-13-28-16-21(25)15-27-28/h4-11,14-16H,3,12-13,17H2,1-2H3,(H,26,29)/b11-7+. The molecule has 1 amide bonds. The zero-order chi connectivity index (χ0) is 22.1. The van der Waals surface area contributed by atoms with Crippen LogP contribution in [0.25, 0.3) is 6.08 Å². The summed E-state index contributed by atoms with van der Waals surface area (Å²) < 4.78 is 14.1. The number of nitrogens with one attached hydrogen (secondary N) is 1. The number of hydrogen-bond donors (Lipinski definition) is 1. The minimum atomic E-state index is -0.130. The number of nitrogens with zero attached hydrogens (tertiary/aromatic N) is 2. The maximum absolute atomic E-state index is 12.1. The maximum Gasteiger partial charge on any atom is 0.244 e. The minimum Gasteiger partial charge on any atom is -0.496 e. The summed E-state index contributed by atoms with van der Waals surface area (Å²) in [6, 6.07) is 13.7. The maximum atomic E-state index is 12.1. The number of carbonyl (C=O) groups excluding carboxylic acids is 1. The van der Waals surface area contributed by atoms with E-state index < -0.39 is 0 Å². The molecule has 0 bridgehead atoms. The fourth-order valence-corrected chi connectivity index (χ4v) is 3.28. The van der Waals surface area contributed by atoms with Gasteiger partial charge in [-0.2, -0.15) is 5.10 Å². The fraction of sp³-hybridized carbons (Fsp3) is 0.250. The van der Waals surface area contributed by atoms with Crippen LogP contribution in [0.2, 0.25) is 0 Å². The van der Waals surface area contributed by atoms with Crippen molar-refractivity contribution in [2.45, 2.75) is 26.5 Å². The van der Waals surface area contributed by atoms with Crippen LogP contribution in [0.5, 0.6) is 11.5 Å². The van der Waals surface area contributed by atoms with Gasteiger partial charge in [0.2, 0.25) is 5.91 Å². The monoisotopic (exact) mass is 483 g/mol. The Hall–Kier alpha value is -3.06. The number of hydrogen-bond acceptors (Lipinski definition) is 4. The summed E-state index contributed by atoms with van der Waals surface area (Å²) in [5.74, 6) is 1.42. The van der Waals surface area contributed by atoms with Crippen molar-refractivity contribution in [3.63, 3.8) is 0 Å². The third kappa shape index (κ3) is 7.29. The zero-order valence-corrected chi connectivity index (χ0v) is 19.3. The second-order valence-electron chi connectivity index (χ2n) is 7.07. The van der Waals surface area contributed by atoms with Crippen LogP contribution in [0, 0.1) is 6.92 Å². The number of aryl methyl sites for hydroxylation is 2. The van der Waals surface area contributed by atoms with Crippen molar-refractivity contribution >= 4 is 27.9 Å². The molecule has 0 aliphatic rings. The molecule has 1 heterocycles. The van der Waals surface area contributed by atoms with Crippen molar-refractivity contribution in [1.29, 1.82) is 0 Å². The smallest absolute Gasteiger partial charge is 0.244 e. The van der Waals surface area contributed by atoms with Gasteiger partial charge in [-0.1, -0.05) is 23.8 Å². The van der Waals surface area contributed by atoms with E-state index in [4.69, 9.17) is 9.47 Å². The van der Waals surface area contributed by atoms with Crippen LogP contribution < -0.4 is 14.8 Å². The number of aromatic nitrogens is 2. The lowest BCUT2D eigenvalue weighted by molar-refractivity contribution is -0.116. The quantitative estimate of drug-likeness (QED) is 0.333. The van der Waals surface area contributed by atoms with E-state index in [-0.39, 0.29) is 5.91 Å². The molecule has 162 valence electrons. The molecule has 0 radical (unpaired) electrons. The Bertz CT molecular complexity index is 1030. The number of rotatable bonds is 10. The molecule has 3 rings (SSSR count). The lowest BCUT2D eigenvalue weighted by Crippen LogP contribution is -2.23. The zero-order valence-electron chi connectivity index (χ0n) is 17.7. The first-order valence-electron chi connectivity index (χ1n) is 10.0. The van der Waals surface area contributed by atoms with Crippen molar-refractivity contribution in [2.75, 3.05) is 13.7 Å². The van der Waals surface area contributed by atoms with Crippen LogP contribution in [-0.4, -0.2) is 29.3 Å². The van der Waals surface area contributed by atoms with E-state index >= 15 is 0 Å². The second-order valence-corrected chi connectivity index (χ2v) is 7.99. The number of halogens is 1. The van der Waals surface area contributed by atoms with Gasteiger partial charge in [-0.15, -0.1) is 0 Å². The molecule has 0 aliphatic heterocycles. The third-order valence-corrected chi connectivity index (χ3v) is 5.02. The summed E-state index contributed by atoms with van der Waals surface area (Å²) in [4.78, 5) is 12.1. The normalized spacial score (nSPS) is 10.9. The average Bonchev–Trinajstić information content (AvgIpc) is 3.20. The molecule has 7 heteroatoms. The van der Waals surface area contributed by atoms with Crippen molar-refractivity contribution in [3.8, 4) is 11.5 Å². The molecular weight excluding hydrogens is 458 g/mol. The predicted molar refractivity (Wildman–Crippen MR) is 125 cm³/mol. The highest BCUT2D eigenvalue weighted by Crippen LogP contribution is 2.23. The molecule has 0 atom stereocenters. The molecule has 3 aromatic rings. The SMILES string of the molecule is COc1ccc(/C=C/C(=O)NCCCn2cc(Br)cn2)cc1COc1ccc(C)cc1. The van der Waals surface area contributed by atoms with E-state index in [1.165, 1.54) is 11.6 Å². The molecule has 1 aromatic heterocycles. The van der Waals surface area contributed by atoms with Crippen LogP contribution in [0.4, 0.5) is 0 Å². The molecule has 0 saturated heterocycles. The Kier molecular flexibility index (Phi) is 8.29. The van der Waals surface area contributed by atoms with Gasteiger partial charge in [-0.05, 0) is 65.2 Å². The molecule has 0 fully saturated rings. The highest BCUT2D eigenvalue weighted by Gasteiger charge is 2.06. The third-order valence-electron chi connectivity index (χ3n) is 4.61. The highest BCUT2D eigenvalue weighted by molar-refractivity contribution is 9.10. The summed E-state index contributed by atoms with van der Waals surface area (Å²) in [6.45, 7) is 3.75. The first-order valence-corrected chi connectivity index (χ1v) is 10.8. The Balaban J connectivity index is 1.51. The summed E-state index contributed by atoms with van der Waals surface area (Å²) in [7, 11) is 1.63. The van der Waals surface area contributed by atoms with E-state index in [1.807, 2.05) is 60.3 Å². The van der Waals surface area contributed by atoms with E-state index in [2.05, 4.69) is 26.3 Å². The summed E-state index contributed by atoms with van der Waals surface area (Å²) in [5.41, 5.74) is 3.00. The number of amides is 1. The molecule has 0 unspecified atom stereocenters. The Morgan fingerprint density at radius 3 is 2.74 bits per heavy atom. The van der Waals surface area contributed by atoms with Gasteiger partial charge >= 0.3 is 0 Å². The second kappa shape index (κ2) is 11.4. The molecular formula is C24H26BrN3O3. The van der Waals surface area contributed by atoms with Gasteiger partial charge in [0, 0.05) is 30.9 Å². The Labute approximate surface area is 191 Å². The molecule has 1 N–H and O–H groups in total. The summed E-state index contributed by atoms with van der Waals surface area (Å²) in [5, 5.41) is 7.08. The number of benzene rings is 2. The molecule has 2 aromatic carbocycles. The number of methoxy groups -OCH3 is 1. The van der Waals surface area contributed by atoms with Gasteiger partial charge in [0.25, 0.3) is 0 Å². The van der Waals surface area contributed by atoms with Gasteiger partial charge < -0.3 is 14.8 Å². The number of ether oxygens (including phenoxy) is 2. The van der Waals surface area contributed by atoms with Crippen LogP contribution in [-0.2, 0) is 17.9 Å². The van der Waals surface area contributed by atoms with Crippen molar-refractivity contribution in [2.24, 2.45) is 0 Å². The number of carbonyl (C=O) groups is 1. The van der Waals surface area contributed by atoms with Gasteiger partial charge in [0.15, 0.2) is 0 Å². The van der Waals surface area contributed by atoms with Crippen LogP contribution in [0.15, 0.2) is 65.4 Å². The van der Waals surface area contributed by atoms with Gasteiger partial charge in [-0.25, -0.2) is 0 Å². The summed E-state index contributed by atoms with van der Waals surface area (Å²) in [6.07, 6.45) is 7.78. The minimum absolute atomic E-state index is 0.130. The summed E-state index contributed by atoms with van der Waals surface area (Å²) >= 11 is 3.37. The molecule has 0 saturated carbocycles. The molecule has 6 nitrogen and oxygen atoms in total. The van der Waals surface area contributed by atoms with Crippen molar-refractivity contribution in [1.82, 2.24) is 15.1 Å². The lowest BCUT2D eigenvalue weighted by atomic mass is 10.1. The van der Waals surface area contributed by atoms with Crippen molar-refractivity contribution in [3.05, 3.63) is 82.1 Å². The van der Waals surface area contributed by atoms with Crippen LogP contribution >= 0.6 is 15.9 Å².